The molecule has 0 aliphatic rings. The van der Waals surface area contributed by atoms with Crippen molar-refractivity contribution in [2.75, 3.05) is 6.26 Å². The van der Waals surface area contributed by atoms with E-state index in [0.29, 0.717) is 6.04 Å². The van der Waals surface area contributed by atoms with E-state index in [1.807, 2.05) is 17.1 Å². The summed E-state index contributed by atoms with van der Waals surface area (Å²) < 4.78 is 4.29. The lowest BCUT2D eigenvalue weighted by atomic mass is 10.2. The molecule has 2 aromatic heterocycles. The van der Waals surface area contributed by atoms with Gasteiger partial charge in [-0.2, -0.15) is 0 Å². The molecule has 0 spiro atoms. The lowest BCUT2D eigenvalue weighted by Gasteiger charge is -2.12. The first kappa shape index (κ1) is 12.3. The third kappa shape index (κ3) is 2.04. The van der Waals surface area contributed by atoms with E-state index in [2.05, 4.69) is 52.8 Å². The van der Waals surface area contributed by atoms with Gasteiger partial charge in [-0.25, -0.2) is 9.97 Å². The van der Waals surface area contributed by atoms with Crippen LogP contribution in [0.4, 0.5) is 0 Å². The van der Waals surface area contributed by atoms with Crippen LogP contribution in [-0.4, -0.2) is 25.4 Å². The number of aromatic nitrogens is 4. The minimum absolute atomic E-state index is 0.394. The molecule has 0 saturated carbocycles. The summed E-state index contributed by atoms with van der Waals surface area (Å²) in [5, 5.41) is 1.06. The Morgan fingerprint density at radius 1 is 1.26 bits per heavy atom. The molecule has 0 bridgehead atoms. The molecule has 0 atom stereocenters. The van der Waals surface area contributed by atoms with Gasteiger partial charge in [0.15, 0.2) is 5.16 Å². The second kappa shape index (κ2) is 4.74. The number of fused-ring (bicyclic) bond motifs is 1. The van der Waals surface area contributed by atoms with Crippen LogP contribution >= 0.6 is 11.8 Å². The van der Waals surface area contributed by atoms with Crippen LogP contribution in [0.5, 0.6) is 0 Å². The summed E-state index contributed by atoms with van der Waals surface area (Å²) in [5.74, 6) is 0. The van der Waals surface area contributed by atoms with Crippen molar-refractivity contribution in [1.82, 2.24) is 19.1 Å². The fourth-order valence-electron chi connectivity index (χ4n) is 2.27. The Balaban J connectivity index is 2.24. The van der Waals surface area contributed by atoms with E-state index >= 15 is 0 Å². The largest absolute Gasteiger partial charge is 0.316 e. The fraction of sp³-hybridized carbons (Fsp3) is 0.286. The SMILES string of the molecule is CSc1nc2ccc(-n3ccnc3)cc2n1C(C)C. The van der Waals surface area contributed by atoms with Crippen molar-refractivity contribution in [2.45, 2.75) is 25.0 Å². The minimum atomic E-state index is 0.394. The monoisotopic (exact) mass is 272 g/mol. The molecule has 0 aliphatic heterocycles. The van der Waals surface area contributed by atoms with E-state index in [9.17, 15) is 0 Å². The summed E-state index contributed by atoms with van der Waals surface area (Å²) >= 11 is 1.69. The zero-order valence-corrected chi connectivity index (χ0v) is 12.1. The Hall–Kier alpha value is -1.75. The molecule has 2 heterocycles. The molecule has 4 nitrogen and oxygen atoms in total. The molecular formula is C14H16N4S. The lowest BCUT2D eigenvalue weighted by molar-refractivity contribution is 0.567. The number of imidazole rings is 2. The zero-order chi connectivity index (χ0) is 13.4. The number of hydrogen-bond acceptors (Lipinski definition) is 3. The quantitative estimate of drug-likeness (QED) is 0.684. The molecule has 0 aliphatic carbocycles. The normalized spacial score (nSPS) is 11.6. The lowest BCUT2D eigenvalue weighted by Crippen LogP contribution is -2.02. The van der Waals surface area contributed by atoms with Crippen LogP contribution < -0.4 is 0 Å². The van der Waals surface area contributed by atoms with Gasteiger partial charge in [0.25, 0.3) is 0 Å². The average molecular weight is 272 g/mol. The number of thioether (sulfide) groups is 1. The highest BCUT2D eigenvalue weighted by atomic mass is 32.2. The maximum atomic E-state index is 4.68. The van der Waals surface area contributed by atoms with Crippen LogP contribution in [0.2, 0.25) is 0 Å². The van der Waals surface area contributed by atoms with Crippen LogP contribution in [0.25, 0.3) is 16.7 Å². The Kier molecular flexibility index (Phi) is 3.06. The summed E-state index contributed by atoms with van der Waals surface area (Å²) in [7, 11) is 0. The van der Waals surface area contributed by atoms with E-state index in [1.165, 1.54) is 5.52 Å². The van der Waals surface area contributed by atoms with Crippen LogP contribution in [0.15, 0.2) is 42.1 Å². The molecule has 0 saturated heterocycles. The second-order valence-electron chi connectivity index (χ2n) is 4.71. The predicted molar refractivity (Wildman–Crippen MR) is 79.0 cm³/mol. The van der Waals surface area contributed by atoms with E-state index in [-0.39, 0.29) is 0 Å². The van der Waals surface area contributed by atoms with E-state index in [4.69, 9.17) is 0 Å². The summed E-state index contributed by atoms with van der Waals surface area (Å²) in [6.07, 6.45) is 7.62. The van der Waals surface area contributed by atoms with Crippen molar-refractivity contribution in [3.8, 4) is 5.69 Å². The Morgan fingerprint density at radius 3 is 2.74 bits per heavy atom. The van der Waals surface area contributed by atoms with E-state index < -0.39 is 0 Å². The maximum Gasteiger partial charge on any atom is 0.169 e. The molecule has 0 unspecified atom stereocenters. The average Bonchev–Trinajstić information content (AvgIpc) is 3.04. The van der Waals surface area contributed by atoms with Gasteiger partial charge in [0.1, 0.15) is 0 Å². The molecule has 0 amide bonds. The standard InChI is InChI=1S/C14H16N4S/c1-10(2)18-13-8-11(17-7-6-15-9-17)4-5-12(13)16-14(18)19-3/h4-10H,1-3H3. The second-order valence-corrected chi connectivity index (χ2v) is 5.48. The molecule has 0 radical (unpaired) electrons. The van der Waals surface area contributed by atoms with Crippen molar-refractivity contribution in [3.05, 3.63) is 36.9 Å². The highest BCUT2D eigenvalue weighted by molar-refractivity contribution is 7.98. The first-order valence-corrected chi connectivity index (χ1v) is 7.47. The van der Waals surface area contributed by atoms with Gasteiger partial charge in [-0.3, -0.25) is 0 Å². The molecular weight excluding hydrogens is 256 g/mol. The first-order valence-electron chi connectivity index (χ1n) is 6.25. The summed E-state index contributed by atoms with van der Waals surface area (Å²) in [5.41, 5.74) is 3.33. The zero-order valence-electron chi connectivity index (χ0n) is 11.2. The van der Waals surface area contributed by atoms with Crippen molar-refractivity contribution >= 4 is 22.8 Å². The van der Waals surface area contributed by atoms with Gasteiger partial charge in [0.2, 0.25) is 0 Å². The van der Waals surface area contributed by atoms with E-state index in [0.717, 1.165) is 16.4 Å². The Labute approximate surface area is 116 Å². The summed E-state index contributed by atoms with van der Waals surface area (Å²) in [6, 6.07) is 6.71. The predicted octanol–water partition coefficient (Wildman–Crippen LogP) is 3.52. The number of nitrogens with zero attached hydrogens (tertiary/aromatic N) is 4. The summed E-state index contributed by atoms with van der Waals surface area (Å²) in [6.45, 7) is 4.37. The van der Waals surface area contributed by atoms with Gasteiger partial charge in [0.05, 0.1) is 17.4 Å². The van der Waals surface area contributed by atoms with Crippen molar-refractivity contribution < 1.29 is 0 Å². The van der Waals surface area contributed by atoms with Crippen LogP contribution in [0.3, 0.4) is 0 Å². The van der Waals surface area contributed by atoms with Crippen molar-refractivity contribution in [1.29, 1.82) is 0 Å². The van der Waals surface area contributed by atoms with Gasteiger partial charge in [-0.1, -0.05) is 11.8 Å². The van der Waals surface area contributed by atoms with Crippen molar-refractivity contribution in [3.63, 3.8) is 0 Å². The Morgan fingerprint density at radius 2 is 2.11 bits per heavy atom. The van der Waals surface area contributed by atoms with Gasteiger partial charge in [0, 0.05) is 24.1 Å². The highest BCUT2D eigenvalue weighted by Gasteiger charge is 2.13. The molecule has 5 heteroatoms. The molecule has 0 fully saturated rings. The van der Waals surface area contributed by atoms with Gasteiger partial charge in [-0.15, -0.1) is 0 Å². The number of rotatable bonds is 3. The van der Waals surface area contributed by atoms with Crippen molar-refractivity contribution in [2.24, 2.45) is 0 Å². The maximum absolute atomic E-state index is 4.68. The van der Waals surface area contributed by atoms with E-state index in [1.54, 1.807) is 18.0 Å². The van der Waals surface area contributed by atoms with Crippen LogP contribution in [-0.2, 0) is 0 Å². The first-order chi connectivity index (χ1) is 9.20. The highest BCUT2D eigenvalue weighted by Crippen LogP contribution is 2.27. The van der Waals surface area contributed by atoms with Gasteiger partial charge >= 0.3 is 0 Å². The molecule has 3 rings (SSSR count). The third-order valence-electron chi connectivity index (χ3n) is 3.14. The molecule has 3 aromatic rings. The van der Waals surface area contributed by atoms with Crippen LogP contribution in [0, 0.1) is 0 Å². The van der Waals surface area contributed by atoms with Gasteiger partial charge < -0.3 is 9.13 Å². The number of benzene rings is 1. The Bertz CT molecular complexity index is 698. The molecule has 0 N–H and O–H groups in total. The van der Waals surface area contributed by atoms with Crippen LogP contribution in [0.1, 0.15) is 19.9 Å². The number of hydrogen-bond donors (Lipinski definition) is 0. The molecule has 19 heavy (non-hydrogen) atoms. The third-order valence-corrected chi connectivity index (χ3v) is 3.80. The minimum Gasteiger partial charge on any atom is -0.316 e. The smallest absolute Gasteiger partial charge is 0.169 e. The van der Waals surface area contributed by atoms with Gasteiger partial charge in [-0.05, 0) is 38.3 Å². The summed E-state index contributed by atoms with van der Waals surface area (Å²) in [4.78, 5) is 8.77. The fourth-order valence-corrected chi connectivity index (χ4v) is 2.97. The topological polar surface area (TPSA) is 35.6 Å². The molecule has 98 valence electrons. The molecule has 1 aromatic carbocycles.